The molecule has 2 heterocycles. The maximum Gasteiger partial charge on any atom is 0.338 e. The van der Waals surface area contributed by atoms with Crippen LogP contribution < -0.4 is 14.8 Å². The van der Waals surface area contributed by atoms with Crippen LogP contribution in [0.25, 0.3) is 0 Å². The Balaban J connectivity index is 2.03. The third kappa shape index (κ3) is 3.57. The number of anilines is 1. The van der Waals surface area contributed by atoms with E-state index in [4.69, 9.17) is 14.2 Å². The van der Waals surface area contributed by atoms with E-state index in [2.05, 4.69) is 27.8 Å². The monoisotopic (exact) mass is 373 g/mol. The minimum atomic E-state index is -0.540. The zero-order valence-corrected chi connectivity index (χ0v) is 15.9. The molecule has 1 aliphatic rings. The number of carbonyl (C=O) groups is 1. The molecular formula is C18H23N5O4. The minimum absolute atomic E-state index is 0.430. The topological polar surface area (TPSA) is 100 Å². The highest BCUT2D eigenvalue weighted by molar-refractivity contribution is 5.92. The summed E-state index contributed by atoms with van der Waals surface area (Å²) in [6.45, 7) is 4.51. The van der Waals surface area contributed by atoms with Crippen LogP contribution in [0.3, 0.4) is 0 Å². The van der Waals surface area contributed by atoms with Crippen molar-refractivity contribution in [1.29, 1.82) is 0 Å². The van der Waals surface area contributed by atoms with E-state index >= 15 is 0 Å². The van der Waals surface area contributed by atoms with Crippen LogP contribution in [0, 0.1) is 0 Å². The number of unbranched alkanes of at least 4 members (excludes halogenated alkanes) is 1. The number of hydrogen-bond acceptors (Lipinski definition) is 8. The zero-order valence-electron chi connectivity index (χ0n) is 15.9. The van der Waals surface area contributed by atoms with Gasteiger partial charge in [0.2, 0.25) is 5.95 Å². The standard InChI is InChI=1S/C18H23N5O4/c1-5-6-9-27-13-8-7-12(10-14(13)25-3)16-15(17(24)26-4)11(2)19-18-20-21-22-23(16)18/h7-8,10,16H,5-6,9H2,1-4H3,(H,19,20,22). The van der Waals surface area contributed by atoms with Crippen molar-refractivity contribution in [3.05, 3.63) is 35.0 Å². The molecule has 2 aromatic rings. The van der Waals surface area contributed by atoms with Gasteiger partial charge in [0.15, 0.2) is 11.5 Å². The molecule has 0 saturated carbocycles. The first-order valence-corrected chi connectivity index (χ1v) is 8.75. The highest BCUT2D eigenvalue weighted by Gasteiger charge is 2.35. The van der Waals surface area contributed by atoms with Crippen LogP contribution in [0.5, 0.6) is 11.5 Å². The van der Waals surface area contributed by atoms with E-state index < -0.39 is 12.0 Å². The molecule has 1 aromatic heterocycles. The summed E-state index contributed by atoms with van der Waals surface area (Å²) in [7, 11) is 2.93. The molecule has 1 aliphatic heterocycles. The molecule has 0 spiro atoms. The number of esters is 1. The second-order valence-electron chi connectivity index (χ2n) is 6.12. The SMILES string of the molecule is CCCCOc1ccc(C2C(C(=O)OC)=C(C)Nc3nnnn32)cc1OC. The molecule has 0 radical (unpaired) electrons. The maximum absolute atomic E-state index is 12.4. The van der Waals surface area contributed by atoms with Crippen LogP contribution in [-0.4, -0.2) is 47.0 Å². The van der Waals surface area contributed by atoms with Crippen molar-refractivity contribution in [1.82, 2.24) is 20.2 Å². The summed E-state index contributed by atoms with van der Waals surface area (Å²) in [4.78, 5) is 12.4. The molecule has 0 saturated heterocycles. The average molecular weight is 373 g/mol. The Kier molecular flexibility index (Phi) is 5.58. The molecule has 0 fully saturated rings. The van der Waals surface area contributed by atoms with E-state index in [0.29, 0.717) is 35.3 Å². The third-order valence-corrected chi connectivity index (χ3v) is 4.38. The number of fused-ring (bicyclic) bond motifs is 1. The number of methoxy groups -OCH3 is 2. The quantitative estimate of drug-likeness (QED) is 0.583. The number of allylic oxidation sites excluding steroid dienone is 1. The molecule has 9 heteroatoms. The summed E-state index contributed by atoms with van der Waals surface area (Å²) in [5, 5.41) is 14.7. The summed E-state index contributed by atoms with van der Waals surface area (Å²) in [6, 6.07) is 5.00. The van der Waals surface area contributed by atoms with Gasteiger partial charge in [-0.3, -0.25) is 0 Å². The maximum atomic E-state index is 12.4. The first-order chi connectivity index (χ1) is 13.1. The zero-order chi connectivity index (χ0) is 19.4. The summed E-state index contributed by atoms with van der Waals surface area (Å²) in [6.07, 6.45) is 2.01. The van der Waals surface area contributed by atoms with E-state index in [1.54, 1.807) is 18.7 Å². The number of nitrogens with zero attached hydrogens (tertiary/aromatic N) is 4. The molecule has 27 heavy (non-hydrogen) atoms. The Bertz CT molecular complexity index is 861. The molecule has 1 N–H and O–H groups in total. The Labute approximate surface area is 157 Å². The minimum Gasteiger partial charge on any atom is -0.493 e. The van der Waals surface area contributed by atoms with Gasteiger partial charge in [0.1, 0.15) is 6.04 Å². The van der Waals surface area contributed by atoms with Crippen LogP contribution in [0.2, 0.25) is 0 Å². The van der Waals surface area contributed by atoms with Crippen molar-refractivity contribution in [2.75, 3.05) is 26.1 Å². The fourth-order valence-corrected chi connectivity index (χ4v) is 2.99. The summed E-state index contributed by atoms with van der Waals surface area (Å²) < 4.78 is 17.8. The van der Waals surface area contributed by atoms with Crippen LogP contribution in [0.1, 0.15) is 38.3 Å². The smallest absolute Gasteiger partial charge is 0.338 e. The number of ether oxygens (including phenoxy) is 3. The average Bonchev–Trinajstić information content (AvgIpc) is 3.14. The van der Waals surface area contributed by atoms with Crippen LogP contribution >= 0.6 is 0 Å². The molecule has 0 amide bonds. The fraction of sp³-hybridized carbons (Fsp3) is 0.444. The van der Waals surface area contributed by atoms with Crippen molar-refractivity contribution < 1.29 is 19.0 Å². The number of aromatic nitrogens is 4. The Morgan fingerprint density at radius 2 is 2.11 bits per heavy atom. The van der Waals surface area contributed by atoms with Crippen LogP contribution in [0.15, 0.2) is 29.5 Å². The van der Waals surface area contributed by atoms with E-state index in [0.717, 1.165) is 18.4 Å². The lowest BCUT2D eigenvalue weighted by Gasteiger charge is -2.27. The molecule has 0 aliphatic carbocycles. The fourth-order valence-electron chi connectivity index (χ4n) is 2.99. The van der Waals surface area contributed by atoms with E-state index in [1.807, 2.05) is 18.2 Å². The highest BCUT2D eigenvalue weighted by Crippen LogP contribution is 2.38. The van der Waals surface area contributed by atoms with Gasteiger partial charge in [-0.2, -0.15) is 4.68 Å². The van der Waals surface area contributed by atoms with Gasteiger partial charge in [0, 0.05) is 5.70 Å². The van der Waals surface area contributed by atoms with Crippen molar-refractivity contribution in [2.24, 2.45) is 0 Å². The predicted octanol–water partition coefficient (Wildman–Crippen LogP) is 2.32. The van der Waals surface area contributed by atoms with E-state index in [9.17, 15) is 4.79 Å². The Morgan fingerprint density at radius 1 is 1.30 bits per heavy atom. The molecule has 9 nitrogen and oxygen atoms in total. The highest BCUT2D eigenvalue weighted by atomic mass is 16.5. The van der Waals surface area contributed by atoms with Gasteiger partial charge >= 0.3 is 5.97 Å². The first-order valence-electron chi connectivity index (χ1n) is 8.75. The lowest BCUT2D eigenvalue weighted by atomic mass is 9.95. The van der Waals surface area contributed by atoms with Crippen LogP contribution in [0.4, 0.5) is 5.95 Å². The predicted molar refractivity (Wildman–Crippen MR) is 97.7 cm³/mol. The van der Waals surface area contributed by atoms with Crippen molar-refractivity contribution in [3.8, 4) is 11.5 Å². The molecule has 144 valence electrons. The lowest BCUT2D eigenvalue weighted by molar-refractivity contribution is -0.136. The molecule has 0 bridgehead atoms. The van der Waals surface area contributed by atoms with Gasteiger partial charge in [-0.05, 0) is 41.5 Å². The normalized spacial score (nSPS) is 15.8. The molecular weight excluding hydrogens is 350 g/mol. The van der Waals surface area contributed by atoms with Crippen molar-refractivity contribution >= 4 is 11.9 Å². The van der Waals surface area contributed by atoms with Gasteiger partial charge < -0.3 is 19.5 Å². The van der Waals surface area contributed by atoms with Crippen molar-refractivity contribution in [3.63, 3.8) is 0 Å². The number of tetrazole rings is 1. The molecule has 3 rings (SSSR count). The van der Waals surface area contributed by atoms with Gasteiger partial charge in [-0.25, -0.2) is 4.79 Å². The lowest BCUT2D eigenvalue weighted by Crippen LogP contribution is -2.29. The molecule has 1 unspecified atom stereocenters. The van der Waals surface area contributed by atoms with Crippen molar-refractivity contribution in [2.45, 2.75) is 32.7 Å². The van der Waals surface area contributed by atoms with Gasteiger partial charge in [-0.1, -0.05) is 24.5 Å². The van der Waals surface area contributed by atoms with Gasteiger partial charge in [-0.15, -0.1) is 0 Å². The van der Waals surface area contributed by atoms with E-state index in [1.165, 1.54) is 7.11 Å². The Hall–Kier alpha value is -3.10. The number of benzene rings is 1. The second-order valence-corrected chi connectivity index (χ2v) is 6.12. The van der Waals surface area contributed by atoms with Crippen LogP contribution in [-0.2, 0) is 9.53 Å². The number of nitrogens with one attached hydrogen (secondary N) is 1. The summed E-state index contributed by atoms with van der Waals surface area (Å²) >= 11 is 0. The van der Waals surface area contributed by atoms with Gasteiger partial charge in [0.05, 0.1) is 26.4 Å². The van der Waals surface area contributed by atoms with E-state index in [-0.39, 0.29) is 0 Å². The third-order valence-electron chi connectivity index (χ3n) is 4.38. The second kappa shape index (κ2) is 8.07. The summed E-state index contributed by atoms with van der Waals surface area (Å²) in [5.41, 5.74) is 1.85. The molecule has 1 aromatic carbocycles. The summed E-state index contributed by atoms with van der Waals surface area (Å²) in [5.74, 6) is 1.24. The van der Waals surface area contributed by atoms with Gasteiger partial charge in [0.25, 0.3) is 0 Å². The number of carbonyl (C=O) groups excluding carboxylic acids is 1. The number of hydrogen-bond donors (Lipinski definition) is 1. The Morgan fingerprint density at radius 3 is 2.81 bits per heavy atom. The number of rotatable bonds is 7. The molecule has 1 atom stereocenters. The first kappa shape index (κ1) is 18.7. The largest absolute Gasteiger partial charge is 0.493 e.